The Labute approximate surface area is 110 Å². The van der Waals surface area contributed by atoms with Gasteiger partial charge < -0.3 is 14.8 Å². The topological polar surface area (TPSA) is 30.5 Å². The average molecular weight is 251 g/mol. The van der Waals surface area contributed by atoms with Crippen molar-refractivity contribution < 1.29 is 9.47 Å². The van der Waals surface area contributed by atoms with E-state index in [9.17, 15) is 0 Å². The first kappa shape index (κ1) is 15.0. The Morgan fingerprint density at radius 1 is 1.28 bits per heavy atom. The van der Waals surface area contributed by atoms with Crippen LogP contribution in [-0.2, 0) is 4.74 Å². The molecular weight excluding hydrogens is 226 g/mol. The van der Waals surface area contributed by atoms with Crippen molar-refractivity contribution in [1.29, 1.82) is 0 Å². The number of hydrogen-bond acceptors (Lipinski definition) is 3. The second-order valence-electron chi connectivity index (χ2n) is 4.56. The van der Waals surface area contributed by atoms with Crippen LogP contribution in [0.2, 0.25) is 0 Å². The Hall–Kier alpha value is -1.06. The molecule has 0 radical (unpaired) electrons. The van der Waals surface area contributed by atoms with Crippen molar-refractivity contribution >= 4 is 0 Å². The Balaban J connectivity index is 2.75. The van der Waals surface area contributed by atoms with E-state index < -0.39 is 0 Å². The molecule has 0 saturated heterocycles. The van der Waals surface area contributed by atoms with Gasteiger partial charge in [-0.15, -0.1) is 0 Å². The minimum absolute atomic E-state index is 0.308. The molecule has 0 aromatic heterocycles. The molecule has 0 aliphatic heterocycles. The normalized spacial score (nSPS) is 12.4. The van der Waals surface area contributed by atoms with Crippen LogP contribution >= 0.6 is 0 Å². The largest absolute Gasteiger partial charge is 0.491 e. The lowest BCUT2D eigenvalue weighted by Gasteiger charge is -2.18. The van der Waals surface area contributed by atoms with Crippen LogP contribution in [0.1, 0.15) is 37.4 Å². The molecule has 3 heteroatoms. The molecule has 0 saturated carbocycles. The molecule has 18 heavy (non-hydrogen) atoms. The molecule has 3 nitrogen and oxygen atoms in total. The van der Waals surface area contributed by atoms with Gasteiger partial charge in [-0.3, -0.25) is 0 Å². The molecule has 1 unspecified atom stereocenters. The van der Waals surface area contributed by atoms with Gasteiger partial charge in [0.05, 0.1) is 6.61 Å². The zero-order chi connectivity index (χ0) is 13.4. The van der Waals surface area contributed by atoms with E-state index in [0.29, 0.717) is 19.3 Å². The SMILES string of the molecule is CCCNC(C)c1cc(C)ccc1OCCOC. The van der Waals surface area contributed by atoms with Gasteiger partial charge in [0.1, 0.15) is 12.4 Å². The highest BCUT2D eigenvalue weighted by Gasteiger charge is 2.11. The van der Waals surface area contributed by atoms with Crippen LogP contribution in [0.5, 0.6) is 5.75 Å². The maximum Gasteiger partial charge on any atom is 0.124 e. The van der Waals surface area contributed by atoms with Crippen LogP contribution in [0.3, 0.4) is 0 Å². The fraction of sp³-hybridized carbons (Fsp3) is 0.600. The number of hydrogen-bond donors (Lipinski definition) is 1. The summed E-state index contributed by atoms with van der Waals surface area (Å²) in [5, 5.41) is 3.50. The van der Waals surface area contributed by atoms with E-state index in [0.717, 1.165) is 18.7 Å². The molecule has 102 valence electrons. The summed E-state index contributed by atoms with van der Waals surface area (Å²) in [6, 6.07) is 6.63. The fourth-order valence-electron chi connectivity index (χ4n) is 1.84. The zero-order valence-electron chi connectivity index (χ0n) is 12.0. The molecule has 1 N–H and O–H groups in total. The Kier molecular flexibility index (Phi) is 6.76. The molecule has 0 aliphatic carbocycles. The van der Waals surface area contributed by atoms with Gasteiger partial charge in [-0.05, 0) is 32.9 Å². The van der Waals surface area contributed by atoms with Gasteiger partial charge in [0.15, 0.2) is 0 Å². The summed E-state index contributed by atoms with van der Waals surface area (Å²) in [5.41, 5.74) is 2.48. The van der Waals surface area contributed by atoms with Crippen molar-refractivity contribution in [1.82, 2.24) is 5.32 Å². The maximum absolute atomic E-state index is 5.77. The zero-order valence-corrected chi connectivity index (χ0v) is 12.0. The molecule has 0 heterocycles. The van der Waals surface area contributed by atoms with Gasteiger partial charge in [0, 0.05) is 18.7 Å². The summed E-state index contributed by atoms with van der Waals surface area (Å²) in [4.78, 5) is 0. The maximum atomic E-state index is 5.77. The summed E-state index contributed by atoms with van der Waals surface area (Å²) in [5.74, 6) is 0.953. The number of rotatable bonds is 8. The smallest absolute Gasteiger partial charge is 0.124 e. The van der Waals surface area contributed by atoms with Gasteiger partial charge in [0.25, 0.3) is 0 Å². The van der Waals surface area contributed by atoms with Crippen LogP contribution < -0.4 is 10.1 Å². The quantitative estimate of drug-likeness (QED) is 0.720. The molecule has 1 aromatic carbocycles. The Bertz CT molecular complexity index is 352. The lowest BCUT2D eigenvalue weighted by atomic mass is 10.0. The first-order chi connectivity index (χ1) is 8.69. The van der Waals surface area contributed by atoms with Gasteiger partial charge in [0.2, 0.25) is 0 Å². The van der Waals surface area contributed by atoms with E-state index >= 15 is 0 Å². The van der Waals surface area contributed by atoms with E-state index in [1.807, 2.05) is 6.07 Å². The van der Waals surface area contributed by atoms with Crippen molar-refractivity contribution in [2.24, 2.45) is 0 Å². The number of methoxy groups -OCH3 is 1. The highest BCUT2D eigenvalue weighted by atomic mass is 16.5. The molecule has 0 amide bonds. The highest BCUT2D eigenvalue weighted by molar-refractivity contribution is 5.38. The van der Waals surface area contributed by atoms with E-state index in [1.54, 1.807) is 7.11 Å². The first-order valence-electron chi connectivity index (χ1n) is 6.64. The molecule has 0 spiro atoms. The van der Waals surface area contributed by atoms with Crippen molar-refractivity contribution in [3.05, 3.63) is 29.3 Å². The lowest BCUT2D eigenvalue weighted by molar-refractivity contribution is 0.145. The standard InChI is InChI=1S/C15H25NO2/c1-5-8-16-13(3)14-11-12(2)6-7-15(14)18-10-9-17-4/h6-7,11,13,16H,5,8-10H2,1-4H3. The molecule has 0 fully saturated rings. The monoisotopic (exact) mass is 251 g/mol. The third-order valence-corrected chi connectivity index (χ3v) is 2.88. The van der Waals surface area contributed by atoms with E-state index in [4.69, 9.17) is 9.47 Å². The van der Waals surface area contributed by atoms with Crippen LogP contribution in [0.4, 0.5) is 0 Å². The van der Waals surface area contributed by atoms with E-state index in [1.165, 1.54) is 11.1 Å². The fourth-order valence-corrected chi connectivity index (χ4v) is 1.84. The van der Waals surface area contributed by atoms with E-state index in [-0.39, 0.29) is 0 Å². The predicted molar refractivity (Wildman–Crippen MR) is 75.3 cm³/mol. The summed E-state index contributed by atoms with van der Waals surface area (Å²) < 4.78 is 10.8. The third kappa shape index (κ3) is 4.67. The number of aryl methyl sites for hydroxylation is 1. The lowest BCUT2D eigenvalue weighted by Crippen LogP contribution is -2.20. The molecule has 0 aliphatic rings. The molecule has 1 rings (SSSR count). The second kappa shape index (κ2) is 8.11. The highest BCUT2D eigenvalue weighted by Crippen LogP contribution is 2.26. The van der Waals surface area contributed by atoms with Gasteiger partial charge in [-0.1, -0.05) is 24.6 Å². The Morgan fingerprint density at radius 3 is 2.72 bits per heavy atom. The van der Waals surface area contributed by atoms with Gasteiger partial charge >= 0.3 is 0 Å². The second-order valence-corrected chi connectivity index (χ2v) is 4.56. The number of benzene rings is 1. The van der Waals surface area contributed by atoms with Crippen molar-refractivity contribution in [2.75, 3.05) is 26.9 Å². The first-order valence-corrected chi connectivity index (χ1v) is 6.64. The van der Waals surface area contributed by atoms with Crippen molar-refractivity contribution in [3.63, 3.8) is 0 Å². The molecular formula is C15H25NO2. The van der Waals surface area contributed by atoms with Crippen LogP contribution in [-0.4, -0.2) is 26.9 Å². The van der Waals surface area contributed by atoms with E-state index in [2.05, 4.69) is 38.2 Å². The number of nitrogens with one attached hydrogen (secondary N) is 1. The molecule has 1 aromatic rings. The van der Waals surface area contributed by atoms with Gasteiger partial charge in [-0.25, -0.2) is 0 Å². The predicted octanol–water partition coefficient (Wildman–Crippen LogP) is 3.08. The summed E-state index contributed by atoms with van der Waals surface area (Å²) in [7, 11) is 1.69. The molecule has 1 atom stereocenters. The summed E-state index contributed by atoms with van der Waals surface area (Å²) in [6.07, 6.45) is 1.13. The van der Waals surface area contributed by atoms with Crippen LogP contribution in [0, 0.1) is 6.92 Å². The van der Waals surface area contributed by atoms with Crippen LogP contribution in [0.15, 0.2) is 18.2 Å². The third-order valence-electron chi connectivity index (χ3n) is 2.88. The van der Waals surface area contributed by atoms with Gasteiger partial charge in [-0.2, -0.15) is 0 Å². The van der Waals surface area contributed by atoms with Crippen LogP contribution in [0.25, 0.3) is 0 Å². The number of ether oxygens (including phenoxy) is 2. The minimum atomic E-state index is 0.308. The van der Waals surface area contributed by atoms with Crippen molar-refractivity contribution in [3.8, 4) is 5.75 Å². The van der Waals surface area contributed by atoms with Crippen molar-refractivity contribution in [2.45, 2.75) is 33.2 Å². The summed E-state index contributed by atoms with van der Waals surface area (Å²) >= 11 is 0. The summed E-state index contributed by atoms with van der Waals surface area (Å²) in [6.45, 7) is 8.68. The average Bonchev–Trinajstić information content (AvgIpc) is 2.38. The Morgan fingerprint density at radius 2 is 2.06 bits per heavy atom. The molecule has 0 bridgehead atoms. The minimum Gasteiger partial charge on any atom is -0.491 e.